The first kappa shape index (κ1) is 21.7. The minimum Gasteiger partial charge on any atom is -0.452 e. The maximum Gasteiger partial charge on any atom is 0.405 e. The van der Waals surface area contributed by atoms with Gasteiger partial charge in [-0.1, -0.05) is 24.0 Å². The van der Waals surface area contributed by atoms with Crippen molar-refractivity contribution < 1.29 is 27.5 Å². The molecule has 0 aliphatic heterocycles. The summed E-state index contributed by atoms with van der Waals surface area (Å²) in [5.41, 5.74) is 3.05. The molecule has 31 heavy (non-hydrogen) atoms. The molecule has 0 radical (unpaired) electrons. The van der Waals surface area contributed by atoms with Crippen LogP contribution in [0.3, 0.4) is 0 Å². The lowest BCUT2D eigenvalue weighted by Crippen LogP contribution is -2.36. The van der Waals surface area contributed by atoms with Crippen molar-refractivity contribution in [3.8, 4) is 23.1 Å². The predicted molar refractivity (Wildman–Crippen MR) is 107 cm³/mol. The van der Waals surface area contributed by atoms with Gasteiger partial charge in [-0.3, -0.25) is 9.20 Å². The van der Waals surface area contributed by atoms with Crippen LogP contribution in [0.15, 0.2) is 48.8 Å². The highest BCUT2D eigenvalue weighted by atomic mass is 19.4. The standard InChI is InChI=1S/C21H17F3N4O3/c1-14(31-13-29)5-6-15-7-8-28-18(11-25-19(28)9-15)16-3-2-4-17(10-16)27-20(30)26-12-21(22,23)24/h2-4,7-11,13-14H,12H2,1H3,(H2,26,27,30). The molecule has 0 aliphatic rings. The molecule has 3 aromatic rings. The number of rotatable bonds is 5. The number of hydrogen-bond acceptors (Lipinski definition) is 4. The normalized spacial score (nSPS) is 11.9. The fourth-order valence-corrected chi connectivity index (χ4v) is 2.69. The second kappa shape index (κ2) is 9.21. The highest BCUT2D eigenvalue weighted by Crippen LogP contribution is 2.24. The molecule has 1 atom stereocenters. The minimum absolute atomic E-state index is 0.332. The van der Waals surface area contributed by atoms with Crippen LogP contribution < -0.4 is 10.6 Å². The highest BCUT2D eigenvalue weighted by Gasteiger charge is 2.27. The van der Waals surface area contributed by atoms with Crippen molar-refractivity contribution in [3.63, 3.8) is 0 Å². The summed E-state index contributed by atoms with van der Waals surface area (Å²) in [6, 6.07) is 9.22. The molecule has 7 nitrogen and oxygen atoms in total. The van der Waals surface area contributed by atoms with Gasteiger partial charge in [-0.25, -0.2) is 9.78 Å². The topological polar surface area (TPSA) is 84.7 Å². The molecule has 0 bridgehead atoms. The van der Waals surface area contributed by atoms with Gasteiger partial charge in [0.25, 0.3) is 6.47 Å². The maximum atomic E-state index is 12.2. The van der Waals surface area contributed by atoms with Gasteiger partial charge in [0.2, 0.25) is 0 Å². The van der Waals surface area contributed by atoms with Crippen LogP contribution in [0.1, 0.15) is 12.5 Å². The average Bonchev–Trinajstić information content (AvgIpc) is 3.14. The molecular formula is C21H17F3N4O3. The van der Waals surface area contributed by atoms with Crippen LogP contribution in [0.25, 0.3) is 16.9 Å². The Kier molecular flexibility index (Phi) is 6.45. The quantitative estimate of drug-likeness (QED) is 0.479. The van der Waals surface area contributed by atoms with Gasteiger partial charge in [0.15, 0.2) is 6.10 Å². The Labute approximate surface area is 175 Å². The van der Waals surface area contributed by atoms with Crippen molar-refractivity contribution in [2.45, 2.75) is 19.2 Å². The first-order valence-corrected chi connectivity index (χ1v) is 9.05. The van der Waals surface area contributed by atoms with E-state index in [1.807, 2.05) is 0 Å². The molecule has 3 rings (SSSR count). The number of hydrogen-bond donors (Lipinski definition) is 2. The third-order valence-corrected chi connectivity index (χ3v) is 4.06. The number of halogens is 3. The summed E-state index contributed by atoms with van der Waals surface area (Å²) in [5.74, 6) is 5.69. The predicted octanol–water partition coefficient (Wildman–Crippen LogP) is 3.60. The number of carbonyl (C=O) groups excluding carboxylic acids is 2. The summed E-state index contributed by atoms with van der Waals surface area (Å²) < 4.78 is 43.2. The zero-order valence-corrected chi connectivity index (χ0v) is 16.2. The van der Waals surface area contributed by atoms with E-state index in [0.717, 1.165) is 0 Å². The van der Waals surface area contributed by atoms with Crippen molar-refractivity contribution >= 4 is 23.8 Å². The van der Waals surface area contributed by atoms with E-state index in [-0.39, 0.29) is 0 Å². The maximum absolute atomic E-state index is 12.2. The third kappa shape index (κ3) is 5.99. The summed E-state index contributed by atoms with van der Waals surface area (Å²) in [6.45, 7) is 0.571. The zero-order chi connectivity index (χ0) is 22.4. The molecule has 160 valence electrons. The molecule has 2 amide bonds. The Bertz CT molecular complexity index is 1160. The summed E-state index contributed by atoms with van der Waals surface area (Å²) in [4.78, 5) is 26.3. The number of nitrogens with one attached hydrogen (secondary N) is 2. The van der Waals surface area contributed by atoms with Crippen LogP contribution in [-0.2, 0) is 9.53 Å². The largest absolute Gasteiger partial charge is 0.452 e. The second-order valence-electron chi connectivity index (χ2n) is 6.43. The molecular weight excluding hydrogens is 413 g/mol. The summed E-state index contributed by atoms with van der Waals surface area (Å²) in [6.07, 6.45) is -1.62. The number of urea groups is 1. The van der Waals surface area contributed by atoms with E-state index in [0.29, 0.717) is 34.6 Å². The monoisotopic (exact) mass is 430 g/mol. The van der Waals surface area contributed by atoms with Crippen molar-refractivity contribution in [1.82, 2.24) is 14.7 Å². The Hall–Kier alpha value is -4.00. The van der Waals surface area contributed by atoms with Gasteiger partial charge in [0.05, 0.1) is 11.9 Å². The van der Waals surface area contributed by atoms with Crippen molar-refractivity contribution in [2.75, 3.05) is 11.9 Å². The number of amides is 2. The van der Waals surface area contributed by atoms with Gasteiger partial charge in [0.1, 0.15) is 12.2 Å². The Morgan fingerprint density at radius 1 is 1.32 bits per heavy atom. The number of benzene rings is 1. The van der Waals surface area contributed by atoms with Gasteiger partial charge in [-0.2, -0.15) is 13.2 Å². The number of anilines is 1. The van der Waals surface area contributed by atoms with E-state index in [1.54, 1.807) is 65.4 Å². The van der Waals surface area contributed by atoms with E-state index < -0.39 is 24.9 Å². The molecule has 2 N–H and O–H groups in total. The van der Waals surface area contributed by atoms with Crippen molar-refractivity contribution in [3.05, 3.63) is 54.4 Å². The molecule has 2 aromatic heterocycles. The average molecular weight is 430 g/mol. The van der Waals surface area contributed by atoms with Crippen LogP contribution in [-0.4, -0.2) is 40.7 Å². The second-order valence-corrected chi connectivity index (χ2v) is 6.43. The lowest BCUT2D eigenvalue weighted by Gasteiger charge is -2.10. The summed E-state index contributed by atoms with van der Waals surface area (Å²) in [5, 5.41) is 4.13. The van der Waals surface area contributed by atoms with E-state index in [4.69, 9.17) is 4.74 Å². The van der Waals surface area contributed by atoms with E-state index in [2.05, 4.69) is 22.1 Å². The first-order valence-electron chi connectivity index (χ1n) is 9.05. The van der Waals surface area contributed by atoms with Crippen molar-refractivity contribution in [1.29, 1.82) is 0 Å². The molecule has 10 heteroatoms. The number of aromatic nitrogens is 2. The van der Waals surface area contributed by atoms with Gasteiger partial charge in [-0.15, -0.1) is 0 Å². The lowest BCUT2D eigenvalue weighted by atomic mass is 10.1. The van der Waals surface area contributed by atoms with Crippen LogP contribution >= 0.6 is 0 Å². The molecule has 1 aromatic carbocycles. The number of carbonyl (C=O) groups is 2. The smallest absolute Gasteiger partial charge is 0.405 e. The zero-order valence-electron chi connectivity index (χ0n) is 16.2. The Morgan fingerprint density at radius 3 is 2.87 bits per heavy atom. The Morgan fingerprint density at radius 2 is 2.13 bits per heavy atom. The van der Waals surface area contributed by atoms with Crippen LogP contribution in [0.4, 0.5) is 23.7 Å². The molecule has 0 fully saturated rings. The Balaban J connectivity index is 1.78. The number of nitrogens with zero attached hydrogens (tertiary/aromatic N) is 2. The SMILES string of the molecule is CC(C#Cc1ccn2c(-c3cccc(NC(=O)NCC(F)(F)F)c3)cnc2c1)OC=O. The number of imidazole rings is 1. The van der Waals surface area contributed by atoms with Gasteiger partial charge in [0, 0.05) is 23.0 Å². The molecule has 2 heterocycles. The lowest BCUT2D eigenvalue weighted by molar-refractivity contribution is -0.130. The van der Waals surface area contributed by atoms with Gasteiger partial charge < -0.3 is 15.4 Å². The van der Waals surface area contributed by atoms with Crippen LogP contribution in [0.2, 0.25) is 0 Å². The fraction of sp³-hybridized carbons (Fsp3) is 0.190. The third-order valence-electron chi connectivity index (χ3n) is 4.06. The summed E-state index contributed by atoms with van der Waals surface area (Å²) >= 11 is 0. The number of pyridine rings is 1. The van der Waals surface area contributed by atoms with Gasteiger partial charge >= 0.3 is 12.2 Å². The molecule has 1 unspecified atom stereocenters. The van der Waals surface area contributed by atoms with Gasteiger partial charge in [-0.05, 0) is 31.2 Å². The highest BCUT2D eigenvalue weighted by molar-refractivity contribution is 5.90. The van der Waals surface area contributed by atoms with E-state index in [9.17, 15) is 22.8 Å². The van der Waals surface area contributed by atoms with Crippen LogP contribution in [0, 0.1) is 11.8 Å². The minimum atomic E-state index is -4.49. The molecule has 0 saturated carbocycles. The van der Waals surface area contributed by atoms with Crippen molar-refractivity contribution in [2.24, 2.45) is 0 Å². The molecule has 0 saturated heterocycles. The molecule has 0 spiro atoms. The molecule has 0 aliphatic carbocycles. The van der Waals surface area contributed by atoms with Crippen LogP contribution in [0.5, 0.6) is 0 Å². The first-order chi connectivity index (χ1) is 14.7. The number of alkyl halides is 3. The number of ether oxygens (including phenoxy) is 1. The summed E-state index contributed by atoms with van der Waals surface area (Å²) in [7, 11) is 0. The number of fused-ring (bicyclic) bond motifs is 1. The van der Waals surface area contributed by atoms with E-state index in [1.165, 1.54) is 0 Å². The van der Waals surface area contributed by atoms with E-state index >= 15 is 0 Å². The fourth-order valence-electron chi connectivity index (χ4n) is 2.69.